The van der Waals surface area contributed by atoms with Crippen LogP contribution in [-0.4, -0.2) is 58.3 Å². The highest BCUT2D eigenvalue weighted by Crippen LogP contribution is 2.33. The van der Waals surface area contributed by atoms with Crippen LogP contribution in [-0.2, 0) is 14.8 Å². The summed E-state index contributed by atoms with van der Waals surface area (Å²) in [6.45, 7) is 5.43. The summed E-state index contributed by atoms with van der Waals surface area (Å²) in [5.41, 5.74) is 2.07. The predicted molar refractivity (Wildman–Crippen MR) is 137 cm³/mol. The van der Waals surface area contributed by atoms with E-state index < -0.39 is 10.0 Å². The summed E-state index contributed by atoms with van der Waals surface area (Å²) in [6.07, 6.45) is 1.44. The zero-order valence-electron chi connectivity index (χ0n) is 19.4. The molecule has 0 unspecified atom stereocenters. The molecule has 1 aromatic heterocycles. The molecule has 0 aliphatic carbocycles. The highest BCUT2D eigenvalue weighted by molar-refractivity contribution is 7.89. The van der Waals surface area contributed by atoms with Crippen LogP contribution in [0.1, 0.15) is 6.92 Å². The number of benzene rings is 2. The smallest absolute Gasteiger partial charge is 0.242 e. The van der Waals surface area contributed by atoms with Gasteiger partial charge in [0.15, 0.2) is 5.82 Å². The first-order chi connectivity index (χ1) is 16.9. The Labute approximate surface area is 209 Å². The SMILES string of the molecule is CCOc1cc(N2CCOCC2)ccc1Nc1ncc(Cl)c(Nc2ccccc2S(=O)(=O)NC)n1. The molecular weight excluding hydrogens is 492 g/mol. The quantitative estimate of drug-likeness (QED) is 0.389. The van der Waals surface area contributed by atoms with Crippen molar-refractivity contribution in [1.29, 1.82) is 0 Å². The van der Waals surface area contributed by atoms with Crippen LogP contribution >= 0.6 is 11.6 Å². The number of rotatable bonds is 9. The molecule has 4 rings (SSSR count). The molecule has 1 saturated heterocycles. The summed E-state index contributed by atoms with van der Waals surface area (Å²) >= 11 is 6.32. The second-order valence-corrected chi connectivity index (χ2v) is 9.82. The highest BCUT2D eigenvalue weighted by Gasteiger charge is 2.18. The van der Waals surface area contributed by atoms with E-state index >= 15 is 0 Å². The maximum atomic E-state index is 12.4. The number of nitrogens with zero attached hydrogens (tertiary/aromatic N) is 3. The van der Waals surface area contributed by atoms with Gasteiger partial charge in [0.25, 0.3) is 0 Å². The van der Waals surface area contributed by atoms with E-state index in [1.54, 1.807) is 18.2 Å². The van der Waals surface area contributed by atoms with Gasteiger partial charge in [-0.15, -0.1) is 0 Å². The van der Waals surface area contributed by atoms with Crippen molar-refractivity contribution in [2.24, 2.45) is 0 Å². The normalized spacial score (nSPS) is 14.0. The van der Waals surface area contributed by atoms with E-state index in [2.05, 4.69) is 30.2 Å². The van der Waals surface area contributed by atoms with Gasteiger partial charge in [-0.25, -0.2) is 18.1 Å². The Kier molecular flexibility index (Phi) is 7.91. The van der Waals surface area contributed by atoms with Gasteiger partial charge in [-0.2, -0.15) is 4.98 Å². The molecule has 0 amide bonds. The highest BCUT2D eigenvalue weighted by atomic mass is 35.5. The number of sulfonamides is 1. The summed E-state index contributed by atoms with van der Waals surface area (Å²) in [4.78, 5) is 11.0. The summed E-state index contributed by atoms with van der Waals surface area (Å²) < 4.78 is 38.4. The van der Waals surface area contributed by atoms with Crippen LogP contribution in [0.5, 0.6) is 5.75 Å². The Morgan fingerprint density at radius 3 is 2.63 bits per heavy atom. The molecule has 186 valence electrons. The molecule has 35 heavy (non-hydrogen) atoms. The molecule has 1 aliphatic rings. The number of morpholine rings is 1. The number of hydrogen-bond acceptors (Lipinski definition) is 9. The average molecular weight is 519 g/mol. The summed E-state index contributed by atoms with van der Waals surface area (Å²) in [5.74, 6) is 1.19. The largest absolute Gasteiger partial charge is 0.492 e. The molecule has 1 aliphatic heterocycles. The first kappa shape index (κ1) is 25.0. The molecule has 0 spiro atoms. The molecule has 1 fully saturated rings. The number of anilines is 5. The molecule has 3 N–H and O–H groups in total. The van der Waals surface area contributed by atoms with Crippen molar-refractivity contribution >= 4 is 50.5 Å². The summed E-state index contributed by atoms with van der Waals surface area (Å²) in [5, 5.41) is 6.42. The lowest BCUT2D eigenvalue weighted by Crippen LogP contribution is -2.36. The van der Waals surface area contributed by atoms with E-state index in [0.29, 0.717) is 36.9 Å². The topological polar surface area (TPSA) is 118 Å². The second-order valence-electron chi connectivity index (χ2n) is 7.56. The van der Waals surface area contributed by atoms with Gasteiger partial charge in [-0.05, 0) is 38.2 Å². The van der Waals surface area contributed by atoms with Gasteiger partial charge in [-0.1, -0.05) is 23.7 Å². The molecule has 0 bridgehead atoms. The van der Waals surface area contributed by atoms with Crippen LogP contribution in [0.15, 0.2) is 53.6 Å². The van der Waals surface area contributed by atoms with Crippen molar-refractivity contribution in [3.05, 3.63) is 53.7 Å². The zero-order chi connectivity index (χ0) is 24.8. The van der Waals surface area contributed by atoms with Crippen LogP contribution in [0.2, 0.25) is 5.02 Å². The van der Waals surface area contributed by atoms with Crippen LogP contribution in [0.3, 0.4) is 0 Å². The Hall–Kier alpha value is -3.12. The number of nitrogens with one attached hydrogen (secondary N) is 3. The van der Waals surface area contributed by atoms with Crippen molar-refractivity contribution in [3.8, 4) is 5.75 Å². The lowest BCUT2D eigenvalue weighted by molar-refractivity contribution is 0.122. The van der Waals surface area contributed by atoms with Crippen molar-refractivity contribution in [2.45, 2.75) is 11.8 Å². The van der Waals surface area contributed by atoms with Crippen molar-refractivity contribution in [3.63, 3.8) is 0 Å². The molecule has 0 atom stereocenters. The third-order valence-corrected chi connectivity index (χ3v) is 7.08. The van der Waals surface area contributed by atoms with E-state index in [1.165, 1.54) is 19.3 Å². The van der Waals surface area contributed by atoms with Crippen LogP contribution in [0, 0.1) is 0 Å². The summed E-state index contributed by atoms with van der Waals surface area (Å²) in [6, 6.07) is 12.4. The monoisotopic (exact) mass is 518 g/mol. The Morgan fingerprint density at radius 2 is 1.89 bits per heavy atom. The van der Waals surface area contributed by atoms with E-state index in [0.717, 1.165) is 18.8 Å². The standard InChI is InChI=1S/C23H27ClN6O4S/c1-3-34-20-14-16(30-10-12-33-13-11-30)8-9-18(20)28-23-26-15-17(24)22(29-23)27-19-6-4-5-7-21(19)35(31,32)25-2/h4-9,14-15,25H,3,10-13H2,1-2H3,(H2,26,27,28,29). The maximum Gasteiger partial charge on any atom is 0.242 e. The maximum absolute atomic E-state index is 12.4. The van der Waals surface area contributed by atoms with Crippen molar-refractivity contribution in [1.82, 2.24) is 14.7 Å². The number of aromatic nitrogens is 2. The minimum Gasteiger partial charge on any atom is -0.492 e. The minimum absolute atomic E-state index is 0.0732. The number of para-hydroxylation sites is 1. The Balaban J connectivity index is 1.60. The Bertz CT molecular complexity index is 1280. The molecule has 0 saturated carbocycles. The first-order valence-corrected chi connectivity index (χ1v) is 13.0. The van der Waals surface area contributed by atoms with Crippen molar-refractivity contribution in [2.75, 3.05) is 55.5 Å². The van der Waals surface area contributed by atoms with Gasteiger partial charge in [0, 0.05) is 24.8 Å². The van der Waals surface area contributed by atoms with Gasteiger partial charge < -0.3 is 25.0 Å². The van der Waals surface area contributed by atoms with E-state index in [1.807, 2.05) is 25.1 Å². The molecule has 2 aromatic carbocycles. The minimum atomic E-state index is -3.69. The summed E-state index contributed by atoms with van der Waals surface area (Å²) in [7, 11) is -2.34. The Morgan fingerprint density at radius 1 is 1.11 bits per heavy atom. The zero-order valence-corrected chi connectivity index (χ0v) is 21.0. The number of halogens is 1. The van der Waals surface area contributed by atoms with Crippen LogP contribution < -0.4 is 25.0 Å². The molecule has 10 nitrogen and oxygen atoms in total. The molecule has 12 heteroatoms. The molecular formula is C23H27ClN6O4S. The van der Waals surface area contributed by atoms with E-state index in [4.69, 9.17) is 21.1 Å². The van der Waals surface area contributed by atoms with Crippen LogP contribution in [0.4, 0.5) is 28.8 Å². The van der Waals surface area contributed by atoms with Gasteiger partial charge in [0.05, 0.1) is 37.4 Å². The number of hydrogen-bond donors (Lipinski definition) is 3. The second kappa shape index (κ2) is 11.1. The predicted octanol–water partition coefficient (Wildman–Crippen LogP) is 3.76. The van der Waals surface area contributed by atoms with Gasteiger partial charge in [-0.3, -0.25) is 0 Å². The lowest BCUT2D eigenvalue weighted by Gasteiger charge is -2.29. The van der Waals surface area contributed by atoms with Crippen molar-refractivity contribution < 1.29 is 17.9 Å². The van der Waals surface area contributed by atoms with E-state index in [-0.39, 0.29) is 21.7 Å². The van der Waals surface area contributed by atoms with Crippen LogP contribution in [0.25, 0.3) is 0 Å². The fourth-order valence-electron chi connectivity index (χ4n) is 3.58. The first-order valence-electron chi connectivity index (χ1n) is 11.1. The third-order valence-electron chi connectivity index (χ3n) is 5.33. The fourth-order valence-corrected chi connectivity index (χ4v) is 4.61. The average Bonchev–Trinajstić information content (AvgIpc) is 2.88. The van der Waals surface area contributed by atoms with E-state index in [9.17, 15) is 8.42 Å². The van der Waals surface area contributed by atoms with Gasteiger partial charge >= 0.3 is 0 Å². The number of ether oxygens (including phenoxy) is 2. The third kappa shape index (κ3) is 5.93. The van der Waals surface area contributed by atoms with Gasteiger partial charge in [0.1, 0.15) is 15.7 Å². The molecule has 2 heterocycles. The fraction of sp³-hybridized carbons (Fsp3) is 0.304. The van der Waals surface area contributed by atoms with Gasteiger partial charge in [0.2, 0.25) is 16.0 Å². The lowest BCUT2D eigenvalue weighted by atomic mass is 10.2. The molecule has 3 aromatic rings. The molecule has 0 radical (unpaired) electrons.